The van der Waals surface area contributed by atoms with Crippen LogP contribution in [0.25, 0.3) is 6.08 Å². The highest BCUT2D eigenvalue weighted by atomic mass is 32.1. The maximum atomic E-state index is 14.2. The minimum atomic E-state index is -0.726. The number of benzene rings is 4. The standard InChI is InChI=1S/C38H34FN3O5S/c1-4-45-29-18-16-26(17-19-29)35-34(36(43)41-28-12-7-6-8-13-28)24(3)40-38-42(35)37(44)33(48-38)22-25-15-20-31(32(21-25)46-5-2)47-23-27-11-9-10-14-30(27)39/h6-22,35H,4-5,23H2,1-3H3,(H,41,43)/b33-22-/t35-/m0/s1. The summed E-state index contributed by atoms with van der Waals surface area (Å²) in [6.45, 7) is 6.50. The number of allylic oxidation sites excluding steroid dienone is 1. The number of hydrogen-bond donors (Lipinski definition) is 1. The summed E-state index contributed by atoms with van der Waals surface area (Å²) in [4.78, 5) is 33.2. The summed E-state index contributed by atoms with van der Waals surface area (Å²) in [5.74, 6) is 0.929. The van der Waals surface area contributed by atoms with Gasteiger partial charge in [-0.1, -0.05) is 65.9 Å². The number of thiazole rings is 1. The predicted molar refractivity (Wildman–Crippen MR) is 185 cm³/mol. The van der Waals surface area contributed by atoms with E-state index in [-0.39, 0.29) is 23.9 Å². The molecule has 0 spiro atoms. The third-order valence-corrected chi connectivity index (χ3v) is 8.69. The molecule has 0 aliphatic carbocycles. The van der Waals surface area contributed by atoms with Crippen molar-refractivity contribution in [1.82, 2.24) is 4.57 Å². The average molecular weight is 664 g/mol. The van der Waals surface area contributed by atoms with Gasteiger partial charge in [-0.2, -0.15) is 0 Å². The van der Waals surface area contributed by atoms with E-state index in [1.165, 1.54) is 17.4 Å². The van der Waals surface area contributed by atoms with Crippen LogP contribution in [0.1, 0.15) is 43.5 Å². The van der Waals surface area contributed by atoms with E-state index in [1.54, 1.807) is 47.9 Å². The lowest BCUT2D eigenvalue weighted by molar-refractivity contribution is -0.113. The van der Waals surface area contributed by atoms with Crippen molar-refractivity contribution in [3.63, 3.8) is 0 Å². The summed E-state index contributed by atoms with van der Waals surface area (Å²) in [6.07, 6.45) is 1.77. The normalized spacial score (nSPS) is 14.2. The number of carbonyl (C=O) groups excluding carboxylic acids is 1. The zero-order chi connectivity index (χ0) is 33.6. The van der Waals surface area contributed by atoms with Crippen LogP contribution in [-0.2, 0) is 11.4 Å². The lowest BCUT2D eigenvalue weighted by atomic mass is 9.95. The number of amides is 1. The third kappa shape index (κ3) is 6.94. The zero-order valence-corrected chi connectivity index (χ0v) is 27.6. The fourth-order valence-electron chi connectivity index (χ4n) is 5.48. The molecular weight excluding hydrogens is 629 g/mol. The quantitative estimate of drug-likeness (QED) is 0.177. The molecule has 1 N–H and O–H groups in total. The highest BCUT2D eigenvalue weighted by Crippen LogP contribution is 2.32. The number of nitrogens with one attached hydrogen (secondary N) is 1. The Morgan fingerprint density at radius 3 is 2.38 bits per heavy atom. The molecule has 4 aromatic carbocycles. The topological polar surface area (TPSA) is 91.2 Å². The van der Waals surface area contributed by atoms with Gasteiger partial charge in [0.2, 0.25) is 0 Å². The lowest BCUT2D eigenvalue weighted by Gasteiger charge is -2.25. The number of para-hydroxylation sites is 1. The van der Waals surface area contributed by atoms with Crippen molar-refractivity contribution in [3.8, 4) is 17.2 Å². The van der Waals surface area contributed by atoms with Crippen LogP contribution < -0.4 is 34.4 Å². The summed E-state index contributed by atoms with van der Waals surface area (Å²) < 4.78 is 33.6. The summed E-state index contributed by atoms with van der Waals surface area (Å²) >= 11 is 1.24. The number of rotatable bonds is 11. The lowest BCUT2D eigenvalue weighted by Crippen LogP contribution is -2.40. The Morgan fingerprint density at radius 1 is 0.917 bits per heavy atom. The van der Waals surface area contributed by atoms with Gasteiger partial charge in [0.25, 0.3) is 11.5 Å². The van der Waals surface area contributed by atoms with Crippen molar-refractivity contribution in [2.75, 3.05) is 18.5 Å². The van der Waals surface area contributed by atoms with E-state index in [4.69, 9.17) is 19.2 Å². The molecule has 10 heteroatoms. The number of aromatic nitrogens is 1. The molecule has 244 valence electrons. The molecule has 1 aliphatic rings. The molecule has 48 heavy (non-hydrogen) atoms. The van der Waals surface area contributed by atoms with E-state index in [9.17, 15) is 14.0 Å². The second-order valence-electron chi connectivity index (χ2n) is 10.9. The van der Waals surface area contributed by atoms with Gasteiger partial charge >= 0.3 is 0 Å². The second kappa shape index (κ2) is 14.5. The van der Waals surface area contributed by atoms with Gasteiger partial charge in [-0.3, -0.25) is 14.2 Å². The molecule has 6 rings (SSSR count). The highest BCUT2D eigenvalue weighted by Gasteiger charge is 2.32. The summed E-state index contributed by atoms with van der Waals surface area (Å²) in [5, 5.41) is 2.97. The van der Waals surface area contributed by atoms with Crippen LogP contribution in [0.3, 0.4) is 0 Å². The number of ether oxygens (including phenoxy) is 3. The average Bonchev–Trinajstić information content (AvgIpc) is 3.39. The SMILES string of the molecule is CCOc1ccc([C@H]2C(C(=O)Nc3ccccc3)=C(C)N=c3s/c(=C\c4ccc(OCc5ccccc5F)c(OCC)c4)c(=O)n32)cc1. The van der Waals surface area contributed by atoms with E-state index < -0.39 is 6.04 Å². The molecule has 0 saturated heterocycles. The smallest absolute Gasteiger partial charge is 0.271 e. The Bertz CT molecular complexity index is 2160. The van der Waals surface area contributed by atoms with Crippen molar-refractivity contribution >= 4 is 29.0 Å². The summed E-state index contributed by atoms with van der Waals surface area (Å²) in [7, 11) is 0. The predicted octanol–water partition coefficient (Wildman–Crippen LogP) is 6.39. The minimum Gasteiger partial charge on any atom is -0.494 e. The largest absolute Gasteiger partial charge is 0.494 e. The summed E-state index contributed by atoms with van der Waals surface area (Å²) in [6, 6.07) is 27.6. The molecule has 5 aromatic rings. The Morgan fingerprint density at radius 2 is 1.65 bits per heavy atom. The van der Waals surface area contributed by atoms with E-state index in [1.807, 2.05) is 74.5 Å². The first kappa shape index (κ1) is 32.5. The van der Waals surface area contributed by atoms with Crippen LogP contribution in [0.2, 0.25) is 0 Å². The van der Waals surface area contributed by atoms with Crippen LogP contribution in [0.4, 0.5) is 10.1 Å². The Hall–Kier alpha value is -5.48. The molecule has 0 bridgehead atoms. The molecule has 1 atom stereocenters. The van der Waals surface area contributed by atoms with E-state index in [0.29, 0.717) is 67.9 Å². The molecule has 2 heterocycles. The van der Waals surface area contributed by atoms with Gasteiger partial charge in [0, 0.05) is 11.3 Å². The van der Waals surface area contributed by atoms with E-state index >= 15 is 0 Å². The van der Waals surface area contributed by atoms with Gasteiger partial charge in [-0.05, 0) is 80.4 Å². The van der Waals surface area contributed by atoms with Gasteiger partial charge in [0.15, 0.2) is 16.3 Å². The van der Waals surface area contributed by atoms with Crippen molar-refractivity contribution in [2.45, 2.75) is 33.4 Å². The second-order valence-corrected chi connectivity index (χ2v) is 11.9. The molecular formula is C38H34FN3O5S. The molecule has 1 aliphatic heterocycles. The first-order valence-electron chi connectivity index (χ1n) is 15.6. The Labute approximate surface area is 281 Å². The monoisotopic (exact) mass is 663 g/mol. The van der Waals surface area contributed by atoms with Crippen molar-refractivity contribution in [3.05, 3.63) is 151 Å². The highest BCUT2D eigenvalue weighted by molar-refractivity contribution is 7.07. The molecule has 0 unspecified atom stereocenters. The van der Waals surface area contributed by atoms with Crippen LogP contribution in [0.15, 0.2) is 118 Å². The maximum Gasteiger partial charge on any atom is 0.271 e. The Kier molecular flexibility index (Phi) is 9.82. The maximum absolute atomic E-state index is 14.2. The minimum absolute atomic E-state index is 0.0375. The van der Waals surface area contributed by atoms with E-state index in [2.05, 4.69) is 5.32 Å². The van der Waals surface area contributed by atoms with Gasteiger partial charge in [-0.15, -0.1) is 0 Å². The van der Waals surface area contributed by atoms with Gasteiger partial charge in [0.05, 0.1) is 35.1 Å². The number of fused-ring (bicyclic) bond motifs is 1. The van der Waals surface area contributed by atoms with Crippen molar-refractivity contribution < 1.29 is 23.4 Å². The number of hydrogen-bond acceptors (Lipinski definition) is 7. The molecule has 0 saturated carbocycles. The molecule has 8 nitrogen and oxygen atoms in total. The van der Waals surface area contributed by atoms with Crippen molar-refractivity contribution in [2.24, 2.45) is 4.99 Å². The fraction of sp³-hybridized carbons (Fsp3) is 0.184. The van der Waals surface area contributed by atoms with Crippen LogP contribution in [0, 0.1) is 5.82 Å². The van der Waals surface area contributed by atoms with Gasteiger partial charge < -0.3 is 19.5 Å². The first-order valence-corrected chi connectivity index (χ1v) is 16.4. The third-order valence-electron chi connectivity index (χ3n) is 7.71. The Balaban J connectivity index is 1.39. The molecule has 0 fully saturated rings. The van der Waals surface area contributed by atoms with Crippen LogP contribution >= 0.6 is 11.3 Å². The van der Waals surface area contributed by atoms with Crippen molar-refractivity contribution in [1.29, 1.82) is 0 Å². The van der Waals surface area contributed by atoms with E-state index in [0.717, 1.165) is 5.56 Å². The summed E-state index contributed by atoms with van der Waals surface area (Å²) in [5.41, 5.74) is 3.12. The number of anilines is 1. The zero-order valence-electron chi connectivity index (χ0n) is 26.7. The fourth-order valence-corrected chi connectivity index (χ4v) is 6.53. The molecule has 0 radical (unpaired) electrons. The number of carbonyl (C=O) groups is 1. The van der Waals surface area contributed by atoms with Gasteiger partial charge in [0.1, 0.15) is 18.2 Å². The number of nitrogens with zero attached hydrogens (tertiary/aromatic N) is 2. The molecule has 1 aromatic heterocycles. The van der Waals surface area contributed by atoms with Crippen LogP contribution in [0.5, 0.6) is 17.2 Å². The molecule has 1 amide bonds. The van der Waals surface area contributed by atoms with Crippen LogP contribution in [-0.4, -0.2) is 23.7 Å². The van der Waals surface area contributed by atoms with Gasteiger partial charge in [-0.25, -0.2) is 9.38 Å². The first-order chi connectivity index (χ1) is 23.4. The number of halogens is 1.